The molecule has 3 N–H and O–H groups in total. The van der Waals surface area contributed by atoms with Crippen LogP contribution in [0.5, 0.6) is 0 Å². The van der Waals surface area contributed by atoms with Gasteiger partial charge in [-0.3, -0.25) is 0 Å². The molecule has 0 aliphatic heterocycles. The predicted octanol–water partition coefficient (Wildman–Crippen LogP) is 1.77. The number of halogens is 2. The second-order valence-electron chi connectivity index (χ2n) is 2.64. The van der Waals surface area contributed by atoms with Crippen molar-refractivity contribution in [1.82, 2.24) is 4.98 Å². The maximum absolute atomic E-state index is 9.54. The Bertz CT molecular complexity index is 273. The summed E-state index contributed by atoms with van der Waals surface area (Å²) < 4.78 is 0. The third kappa shape index (κ3) is 3.12. The number of aliphatic hydroxyl groups excluding tert-OH is 1. The standard InChI is InChI=1S/C8H10Cl2N2O/c9-7-3-5(4-8(10)12-7)6(13)1-2-11/h3-4,6,13H,1-2,11H2/t6-/m1/s1. The van der Waals surface area contributed by atoms with E-state index < -0.39 is 6.10 Å². The number of nitrogens with zero attached hydrogens (tertiary/aromatic N) is 1. The average molecular weight is 221 g/mol. The molecule has 0 bridgehead atoms. The summed E-state index contributed by atoms with van der Waals surface area (Å²) >= 11 is 11.3. The summed E-state index contributed by atoms with van der Waals surface area (Å²) in [4.78, 5) is 3.77. The molecule has 1 heterocycles. The molecule has 1 rings (SSSR count). The molecule has 0 saturated carbocycles. The van der Waals surface area contributed by atoms with Crippen LogP contribution in [-0.2, 0) is 0 Å². The molecule has 0 spiro atoms. The minimum Gasteiger partial charge on any atom is -0.388 e. The fourth-order valence-corrected chi connectivity index (χ4v) is 1.48. The van der Waals surface area contributed by atoms with Crippen molar-refractivity contribution >= 4 is 23.2 Å². The van der Waals surface area contributed by atoms with Gasteiger partial charge in [-0.1, -0.05) is 23.2 Å². The van der Waals surface area contributed by atoms with Crippen molar-refractivity contribution in [2.45, 2.75) is 12.5 Å². The first-order chi connectivity index (χ1) is 6.13. The van der Waals surface area contributed by atoms with Gasteiger partial charge in [-0.15, -0.1) is 0 Å². The normalized spacial score (nSPS) is 12.9. The van der Waals surface area contributed by atoms with Gasteiger partial charge in [-0.05, 0) is 30.7 Å². The Morgan fingerprint density at radius 2 is 1.92 bits per heavy atom. The first-order valence-corrected chi connectivity index (χ1v) is 4.60. The number of aliphatic hydroxyl groups is 1. The number of nitrogens with two attached hydrogens (primary N) is 1. The Labute approximate surface area is 86.5 Å². The van der Waals surface area contributed by atoms with Gasteiger partial charge in [0, 0.05) is 0 Å². The van der Waals surface area contributed by atoms with E-state index in [0.29, 0.717) is 18.5 Å². The van der Waals surface area contributed by atoms with Gasteiger partial charge in [0.1, 0.15) is 10.3 Å². The van der Waals surface area contributed by atoms with E-state index in [1.165, 1.54) is 0 Å². The van der Waals surface area contributed by atoms with Crippen LogP contribution in [0.25, 0.3) is 0 Å². The predicted molar refractivity (Wildman–Crippen MR) is 52.9 cm³/mol. The summed E-state index contributed by atoms with van der Waals surface area (Å²) in [5.74, 6) is 0. The number of hydrogen-bond acceptors (Lipinski definition) is 3. The lowest BCUT2D eigenvalue weighted by molar-refractivity contribution is 0.170. The van der Waals surface area contributed by atoms with E-state index in [9.17, 15) is 5.11 Å². The molecule has 0 radical (unpaired) electrons. The lowest BCUT2D eigenvalue weighted by Crippen LogP contribution is -2.06. The van der Waals surface area contributed by atoms with Crippen LogP contribution in [0.1, 0.15) is 18.1 Å². The van der Waals surface area contributed by atoms with Gasteiger partial charge >= 0.3 is 0 Å². The van der Waals surface area contributed by atoms with Crippen molar-refractivity contribution in [1.29, 1.82) is 0 Å². The monoisotopic (exact) mass is 220 g/mol. The smallest absolute Gasteiger partial charge is 0.131 e. The second-order valence-corrected chi connectivity index (χ2v) is 3.41. The van der Waals surface area contributed by atoms with E-state index in [1.54, 1.807) is 12.1 Å². The first-order valence-electron chi connectivity index (χ1n) is 3.84. The first kappa shape index (κ1) is 10.7. The minimum absolute atomic E-state index is 0.276. The molecular weight excluding hydrogens is 211 g/mol. The molecule has 0 saturated heterocycles. The quantitative estimate of drug-likeness (QED) is 0.764. The van der Waals surface area contributed by atoms with Crippen molar-refractivity contribution in [3.05, 3.63) is 28.0 Å². The molecule has 3 nitrogen and oxygen atoms in total. The van der Waals surface area contributed by atoms with Gasteiger partial charge in [0.05, 0.1) is 6.10 Å². The van der Waals surface area contributed by atoms with Gasteiger partial charge in [-0.2, -0.15) is 0 Å². The zero-order chi connectivity index (χ0) is 9.84. The summed E-state index contributed by atoms with van der Waals surface area (Å²) in [6.07, 6.45) is -0.139. The van der Waals surface area contributed by atoms with Gasteiger partial charge < -0.3 is 10.8 Å². The molecular formula is C8H10Cl2N2O. The van der Waals surface area contributed by atoms with E-state index in [1.807, 2.05) is 0 Å². The number of rotatable bonds is 3. The van der Waals surface area contributed by atoms with Crippen LogP contribution >= 0.6 is 23.2 Å². The SMILES string of the molecule is NCC[C@@H](O)c1cc(Cl)nc(Cl)c1. The van der Waals surface area contributed by atoms with Crippen LogP contribution in [0, 0.1) is 0 Å². The summed E-state index contributed by atoms with van der Waals surface area (Å²) in [7, 11) is 0. The maximum Gasteiger partial charge on any atom is 0.131 e. The number of hydrogen-bond donors (Lipinski definition) is 2. The highest BCUT2D eigenvalue weighted by molar-refractivity contribution is 6.32. The molecule has 1 atom stereocenters. The zero-order valence-electron chi connectivity index (χ0n) is 6.87. The van der Waals surface area contributed by atoms with Crippen LogP contribution in [0.4, 0.5) is 0 Å². The molecule has 0 amide bonds. The summed E-state index contributed by atoms with van der Waals surface area (Å²) in [5.41, 5.74) is 5.95. The van der Waals surface area contributed by atoms with E-state index >= 15 is 0 Å². The molecule has 13 heavy (non-hydrogen) atoms. The highest BCUT2D eigenvalue weighted by Gasteiger charge is 2.08. The van der Waals surface area contributed by atoms with E-state index in [0.717, 1.165) is 0 Å². The van der Waals surface area contributed by atoms with Crippen molar-refractivity contribution in [3.63, 3.8) is 0 Å². The zero-order valence-corrected chi connectivity index (χ0v) is 8.39. The van der Waals surface area contributed by atoms with E-state index in [2.05, 4.69) is 4.98 Å². The van der Waals surface area contributed by atoms with Gasteiger partial charge in [0.15, 0.2) is 0 Å². The van der Waals surface area contributed by atoms with E-state index in [4.69, 9.17) is 28.9 Å². The Morgan fingerprint density at radius 3 is 2.38 bits per heavy atom. The van der Waals surface area contributed by atoms with Crippen LogP contribution in [-0.4, -0.2) is 16.6 Å². The van der Waals surface area contributed by atoms with Crippen LogP contribution in [0.3, 0.4) is 0 Å². The van der Waals surface area contributed by atoms with Gasteiger partial charge in [0.2, 0.25) is 0 Å². The third-order valence-corrected chi connectivity index (χ3v) is 2.00. The lowest BCUT2D eigenvalue weighted by Gasteiger charge is -2.09. The molecule has 0 fully saturated rings. The lowest BCUT2D eigenvalue weighted by atomic mass is 10.1. The topological polar surface area (TPSA) is 59.1 Å². The van der Waals surface area contributed by atoms with Crippen molar-refractivity contribution in [2.24, 2.45) is 5.73 Å². The van der Waals surface area contributed by atoms with Gasteiger partial charge in [-0.25, -0.2) is 4.98 Å². The Balaban J connectivity index is 2.87. The van der Waals surface area contributed by atoms with Crippen molar-refractivity contribution in [2.75, 3.05) is 6.54 Å². The molecule has 0 aromatic carbocycles. The number of pyridine rings is 1. The summed E-state index contributed by atoms with van der Waals surface area (Å²) in [5, 5.41) is 10.1. The van der Waals surface area contributed by atoms with Crippen molar-refractivity contribution < 1.29 is 5.11 Å². The third-order valence-electron chi connectivity index (χ3n) is 1.61. The van der Waals surface area contributed by atoms with Crippen LogP contribution in [0.2, 0.25) is 10.3 Å². The molecule has 72 valence electrons. The van der Waals surface area contributed by atoms with Crippen LogP contribution in [0.15, 0.2) is 12.1 Å². The van der Waals surface area contributed by atoms with E-state index in [-0.39, 0.29) is 10.3 Å². The fourth-order valence-electron chi connectivity index (χ4n) is 1.00. The van der Waals surface area contributed by atoms with Gasteiger partial charge in [0.25, 0.3) is 0 Å². The summed E-state index contributed by atoms with van der Waals surface area (Å²) in [6, 6.07) is 3.15. The highest BCUT2D eigenvalue weighted by Crippen LogP contribution is 2.21. The Morgan fingerprint density at radius 1 is 1.38 bits per heavy atom. The highest BCUT2D eigenvalue weighted by atomic mass is 35.5. The van der Waals surface area contributed by atoms with Crippen LogP contribution < -0.4 is 5.73 Å². The molecule has 1 aromatic rings. The fraction of sp³-hybridized carbons (Fsp3) is 0.375. The van der Waals surface area contributed by atoms with Crippen molar-refractivity contribution in [3.8, 4) is 0 Å². The molecule has 1 aromatic heterocycles. The number of aromatic nitrogens is 1. The Hall–Kier alpha value is -0.350. The molecule has 0 aliphatic rings. The molecule has 0 aliphatic carbocycles. The molecule has 0 unspecified atom stereocenters. The second kappa shape index (κ2) is 4.77. The summed E-state index contributed by atoms with van der Waals surface area (Å²) in [6.45, 7) is 0.415. The average Bonchev–Trinajstić information content (AvgIpc) is 2.03. The maximum atomic E-state index is 9.54. The largest absolute Gasteiger partial charge is 0.388 e. The molecule has 5 heteroatoms. The minimum atomic E-state index is -0.622. The Kier molecular flexibility index (Phi) is 3.93.